The van der Waals surface area contributed by atoms with Crippen molar-refractivity contribution in [3.63, 3.8) is 0 Å². The van der Waals surface area contributed by atoms with Gasteiger partial charge in [0.05, 0.1) is 31.8 Å². The van der Waals surface area contributed by atoms with E-state index in [9.17, 15) is 30.7 Å². The lowest BCUT2D eigenvalue weighted by atomic mass is 9.79. The van der Waals surface area contributed by atoms with Crippen molar-refractivity contribution in [1.82, 2.24) is 5.32 Å². The summed E-state index contributed by atoms with van der Waals surface area (Å²) < 4.78 is 83.1. The average Bonchev–Trinajstić information content (AvgIpc) is 3.58. The monoisotopic (exact) mass is 903 g/mol. The number of anilines is 2. The summed E-state index contributed by atoms with van der Waals surface area (Å²) in [6.45, 7) is 9.83. The molecular weight excluding hydrogens is 843 g/mol. The van der Waals surface area contributed by atoms with Crippen LogP contribution in [-0.4, -0.2) is 83.8 Å². The molecule has 3 N–H and O–H groups in total. The second kappa shape index (κ2) is 19.3. The Morgan fingerprint density at radius 3 is 1.97 bits per heavy atom. The van der Waals surface area contributed by atoms with Gasteiger partial charge in [-0.2, -0.15) is 16.8 Å². The maximum absolute atomic E-state index is 12.4. The van der Waals surface area contributed by atoms with Gasteiger partial charge >= 0.3 is 0 Å². The Morgan fingerprint density at radius 1 is 0.778 bits per heavy atom. The third-order valence-electron chi connectivity index (χ3n) is 12.4. The van der Waals surface area contributed by atoms with E-state index in [1.54, 1.807) is 45.5 Å². The molecule has 0 saturated heterocycles. The first kappa shape index (κ1) is 47.4. The quantitative estimate of drug-likeness (QED) is 0.0822. The zero-order valence-electron chi connectivity index (χ0n) is 37.3. The maximum Gasteiger partial charge on any atom is 0.264 e. The molecule has 340 valence electrons. The highest BCUT2D eigenvalue weighted by molar-refractivity contribution is 7.86. The molecule has 2 aliphatic heterocycles. The van der Waals surface area contributed by atoms with Crippen molar-refractivity contribution in [2.75, 3.05) is 55.7 Å². The topological polar surface area (TPSA) is 172 Å². The van der Waals surface area contributed by atoms with E-state index in [0.29, 0.717) is 55.8 Å². The van der Waals surface area contributed by atoms with Crippen LogP contribution in [0.25, 0.3) is 0 Å². The normalized spacial score (nSPS) is 19.5. The summed E-state index contributed by atoms with van der Waals surface area (Å²) in [5, 5.41) is 2.66. The van der Waals surface area contributed by atoms with Gasteiger partial charge in [-0.1, -0.05) is 45.9 Å². The van der Waals surface area contributed by atoms with Crippen molar-refractivity contribution >= 4 is 37.5 Å². The summed E-state index contributed by atoms with van der Waals surface area (Å²) in [6.07, 6.45) is 12.7. The predicted octanol–water partition coefficient (Wildman–Crippen LogP) is 8.55. The van der Waals surface area contributed by atoms with Crippen molar-refractivity contribution in [1.29, 1.82) is 0 Å². The second-order valence-corrected chi connectivity index (χ2v) is 20.5. The zero-order valence-corrected chi connectivity index (χ0v) is 38.9. The molecule has 15 heteroatoms. The third kappa shape index (κ3) is 11.0. The molecule has 0 radical (unpaired) electrons. The first-order valence-corrected chi connectivity index (χ1v) is 24.6. The number of nitrogens with one attached hydrogen (secondary N) is 1. The Bertz CT molecular complexity index is 2520. The lowest BCUT2D eigenvalue weighted by Gasteiger charge is -2.33. The van der Waals surface area contributed by atoms with Crippen LogP contribution in [-0.2, 0) is 31.1 Å². The van der Waals surface area contributed by atoms with Gasteiger partial charge in [0, 0.05) is 53.6 Å². The lowest BCUT2D eigenvalue weighted by molar-refractivity contribution is 0.0963. The van der Waals surface area contributed by atoms with E-state index in [2.05, 4.69) is 79.2 Å². The van der Waals surface area contributed by atoms with Crippen LogP contribution in [0.5, 0.6) is 17.2 Å². The number of unbranched alkanes of at least 4 members (excludes halogenated alkanes) is 2. The summed E-state index contributed by atoms with van der Waals surface area (Å²) in [5.41, 5.74) is 6.95. The van der Waals surface area contributed by atoms with Gasteiger partial charge in [-0.15, -0.1) is 0 Å². The summed E-state index contributed by atoms with van der Waals surface area (Å²) in [6, 6.07) is 19.0. The van der Waals surface area contributed by atoms with E-state index >= 15 is 0 Å². The number of hydrogen-bond acceptors (Lipinski definition) is 10. The molecule has 6 rings (SSSR count). The molecule has 63 heavy (non-hydrogen) atoms. The minimum atomic E-state index is -4.08. The highest BCUT2D eigenvalue weighted by Crippen LogP contribution is 2.50. The molecular formula is C48H61N3O10S2. The Morgan fingerprint density at radius 2 is 1.37 bits per heavy atom. The number of allylic oxidation sites excluding steroid dienone is 6. The summed E-state index contributed by atoms with van der Waals surface area (Å²) in [7, 11) is -3.28. The molecule has 1 aliphatic carbocycles. The van der Waals surface area contributed by atoms with Crippen LogP contribution in [0.3, 0.4) is 0 Å². The van der Waals surface area contributed by atoms with Crippen molar-refractivity contribution < 1.29 is 44.9 Å². The van der Waals surface area contributed by atoms with Crippen molar-refractivity contribution in [2.45, 2.75) is 89.5 Å². The predicted molar refractivity (Wildman–Crippen MR) is 248 cm³/mol. The van der Waals surface area contributed by atoms with E-state index < -0.39 is 25.7 Å². The van der Waals surface area contributed by atoms with Gasteiger partial charge in [0.2, 0.25) is 0 Å². The van der Waals surface area contributed by atoms with Crippen molar-refractivity contribution in [2.24, 2.45) is 0 Å². The second-order valence-electron chi connectivity index (χ2n) is 17.4. The highest BCUT2D eigenvalue weighted by Gasteiger charge is 2.44. The highest BCUT2D eigenvalue weighted by atomic mass is 32.2. The van der Waals surface area contributed by atoms with Crippen molar-refractivity contribution in [3.05, 3.63) is 124 Å². The van der Waals surface area contributed by atoms with Crippen molar-refractivity contribution in [3.8, 4) is 17.2 Å². The van der Waals surface area contributed by atoms with E-state index in [4.69, 9.17) is 14.2 Å². The summed E-state index contributed by atoms with van der Waals surface area (Å²) in [4.78, 5) is 16.9. The smallest absolute Gasteiger partial charge is 0.264 e. The Hall–Kier alpha value is -5.09. The number of carbonyl (C=O) groups excluding carboxylic acids is 1. The molecule has 3 aromatic carbocycles. The first-order chi connectivity index (χ1) is 29.8. The van der Waals surface area contributed by atoms with E-state index in [0.717, 1.165) is 70.1 Å². The van der Waals surface area contributed by atoms with Crippen LogP contribution in [0.15, 0.2) is 108 Å². The molecule has 2 heterocycles. The SMILES string of the molecule is CNC(=O)c1ccc(OC2=C(C=CC3N(CCCCS(=O)(=O)O)c4ccc(OC)cc4C3(C)C)CCCC2=CC=C2N(CCCCS(=O)(=O)O)c3ccc(OC)cc3C2(C)C)cc1. The van der Waals surface area contributed by atoms with Crippen LogP contribution in [0.2, 0.25) is 0 Å². The molecule has 0 bridgehead atoms. The van der Waals surface area contributed by atoms with Gasteiger partial charge in [-0.05, 0) is 134 Å². The number of rotatable bonds is 18. The van der Waals surface area contributed by atoms with Gasteiger partial charge in [-0.3, -0.25) is 13.9 Å². The average molecular weight is 904 g/mol. The number of ether oxygens (including phenoxy) is 3. The Kier molecular flexibility index (Phi) is 14.5. The fourth-order valence-corrected chi connectivity index (χ4v) is 10.2. The minimum absolute atomic E-state index is 0.119. The zero-order chi connectivity index (χ0) is 45.7. The van der Waals surface area contributed by atoms with Crippen LogP contribution in [0.1, 0.15) is 94.1 Å². The molecule has 1 atom stereocenters. The molecule has 0 spiro atoms. The van der Waals surface area contributed by atoms with E-state index in [1.165, 1.54) is 0 Å². The van der Waals surface area contributed by atoms with Gasteiger partial charge in [0.25, 0.3) is 26.1 Å². The van der Waals surface area contributed by atoms with Crippen LogP contribution in [0.4, 0.5) is 11.4 Å². The third-order valence-corrected chi connectivity index (χ3v) is 14.0. The van der Waals surface area contributed by atoms with Gasteiger partial charge in [-0.25, -0.2) is 0 Å². The van der Waals surface area contributed by atoms with Gasteiger partial charge < -0.3 is 29.3 Å². The summed E-state index contributed by atoms with van der Waals surface area (Å²) >= 11 is 0. The van der Waals surface area contributed by atoms with Gasteiger partial charge in [0.15, 0.2) is 0 Å². The largest absolute Gasteiger partial charge is 0.497 e. The molecule has 0 saturated carbocycles. The minimum Gasteiger partial charge on any atom is -0.497 e. The fraction of sp³-hybridized carbons (Fsp3) is 0.438. The van der Waals surface area contributed by atoms with Crippen LogP contribution in [0, 0.1) is 0 Å². The van der Waals surface area contributed by atoms with E-state index in [1.807, 2.05) is 24.3 Å². The fourth-order valence-electron chi connectivity index (χ4n) is 9.03. The standard InChI is InChI=1S/C48H61N3O10S2/c1-47(2)39-31-37(59-6)21-23-41(39)50(27-8-10-29-62(53,54)55)43(47)25-17-33-13-12-14-34(45(33)61-36-19-15-35(16-20-36)46(52)49-5)18-26-44-48(3,4)40-32-38(60-7)22-24-42(40)51(44)28-9-11-30-63(56,57)58/h15-26,31-32,43H,8-14,27-30H2,1-7H3,(H,49,52)(H,53,54,55)(H,56,57,58). The number of methoxy groups -OCH3 is 2. The van der Waals surface area contributed by atoms with E-state index in [-0.39, 0.29) is 28.9 Å². The maximum atomic E-state index is 12.4. The molecule has 13 nitrogen and oxygen atoms in total. The van der Waals surface area contributed by atoms with Crippen LogP contribution >= 0.6 is 0 Å². The number of nitrogens with zero attached hydrogens (tertiary/aromatic N) is 2. The Labute approximate surface area is 373 Å². The lowest BCUT2D eigenvalue weighted by Crippen LogP contribution is -2.40. The van der Waals surface area contributed by atoms with Gasteiger partial charge in [0.1, 0.15) is 23.0 Å². The Balaban J connectivity index is 1.42. The number of carbonyl (C=O) groups is 1. The molecule has 3 aliphatic rings. The molecule has 0 aromatic heterocycles. The molecule has 1 unspecified atom stereocenters. The number of hydrogen-bond donors (Lipinski definition) is 3. The van der Waals surface area contributed by atoms with Crippen LogP contribution < -0.4 is 29.3 Å². The number of benzene rings is 3. The number of fused-ring (bicyclic) bond motifs is 2. The molecule has 3 aromatic rings. The molecule has 0 fully saturated rings. The molecule has 1 amide bonds. The summed E-state index contributed by atoms with van der Waals surface area (Å²) in [5.74, 6) is 1.97. The first-order valence-electron chi connectivity index (χ1n) is 21.4. The number of amides is 1.